The van der Waals surface area contributed by atoms with Crippen LogP contribution in [0.2, 0.25) is 0 Å². The van der Waals surface area contributed by atoms with E-state index in [2.05, 4.69) is 21.2 Å². The first-order valence-corrected chi connectivity index (χ1v) is 7.75. The van der Waals surface area contributed by atoms with Gasteiger partial charge in [-0.3, -0.25) is 4.79 Å². The quantitative estimate of drug-likeness (QED) is 0.295. The fraction of sp³-hybridized carbons (Fsp3) is 0.769. The number of carbonyl (C=O) groups is 3. The molecule has 0 aliphatic rings. The number of hydrogen-bond acceptors (Lipinski definition) is 5. The van der Waals surface area contributed by atoms with Gasteiger partial charge in [0.05, 0.1) is 13.2 Å². The monoisotopic (exact) mass is 351 g/mol. The summed E-state index contributed by atoms with van der Waals surface area (Å²) in [5.41, 5.74) is -1.75. The van der Waals surface area contributed by atoms with Gasteiger partial charge in [-0.15, -0.1) is 0 Å². The van der Waals surface area contributed by atoms with Crippen molar-refractivity contribution in [1.82, 2.24) is 5.32 Å². The zero-order valence-corrected chi connectivity index (χ0v) is 13.7. The van der Waals surface area contributed by atoms with Gasteiger partial charge < -0.3 is 14.8 Å². The molecule has 0 aromatic rings. The topological polar surface area (TPSA) is 81.7 Å². The first kappa shape index (κ1) is 18.9. The number of amides is 1. The maximum atomic E-state index is 12.2. The van der Waals surface area contributed by atoms with E-state index >= 15 is 0 Å². The second kappa shape index (κ2) is 9.74. The number of unbranched alkanes of at least 4 members (excludes halogenated alkanes) is 1. The second-order valence-corrected chi connectivity index (χ2v) is 4.97. The third kappa shape index (κ3) is 5.48. The van der Waals surface area contributed by atoms with Crippen molar-refractivity contribution in [3.63, 3.8) is 0 Å². The van der Waals surface area contributed by atoms with Crippen LogP contribution in [-0.4, -0.2) is 41.9 Å². The molecule has 116 valence electrons. The number of rotatable bonds is 9. The lowest BCUT2D eigenvalue weighted by molar-refractivity contribution is -0.168. The maximum absolute atomic E-state index is 12.2. The Morgan fingerprint density at radius 3 is 1.90 bits per heavy atom. The summed E-state index contributed by atoms with van der Waals surface area (Å²) in [6, 6.07) is 0. The van der Waals surface area contributed by atoms with Crippen LogP contribution in [0.3, 0.4) is 0 Å². The molecule has 0 aliphatic heterocycles. The van der Waals surface area contributed by atoms with Gasteiger partial charge in [-0.05, 0) is 33.1 Å². The Morgan fingerprint density at radius 1 is 1.05 bits per heavy atom. The average Bonchev–Trinajstić information content (AvgIpc) is 2.37. The van der Waals surface area contributed by atoms with Crippen LogP contribution >= 0.6 is 15.9 Å². The number of halogens is 1. The maximum Gasteiger partial charge on any atom is 0.343 e. The average molecular weight is 352 g/mol. The van der Waals surface area contributed by atoms with Gasteiger partial charge in [0, 0.05) is 12.3 Å². The molecule has 0 rings (SSSR count). The van der Waals surface area contributed by atoms with E-state index < -0.39 is 23.4 Å². The summed E-state index contributed by atoms with van der Waals surface area (Å²) < 4.78 is 9.88. The Hall–Kier alpha value is -1.11. The lowest BCUT2D eigenvalue weighted by Crippen LogP contribution is -2.61. The molecule has 1 N–H and O–H groups in total. The Bertz CT molecular complexity index is 328. The molecule has 0 fully saturated rings. The molecule has 0 aliphatic carbocycles. The molecule has 7 heteroatoms. The fourth-order valence-corrected chi connectivity index (χ4v) is 2.14. The van der Waals surface area contributed by atoms with Gasteiger partial charge in [0.1, 0.15) is 0 Å². The number of esters is 2. The summed E-state index contributed by atoms with van der Waals surface area (Å²) in [7, 11) is 0. The zero-order chi connectivity index (χ0) is 15.6. The molecule has 20 heavy (non-hydrogen) atoms. The molecule has 0 bridgehead atoms. The minimum Gasteiger partial charge on any atom is -0.464 e. The van der Waals surface area contributed by atoms with E-state index in [0.29, 0.717) is 6.42 Å². The lowest BCUT2D eigenvalue weighted by Gasteiger charge is -2.29. The minimum absolute atomic E-state index is 0.123. The highest BCUT2D eigenvalue weighted by molar-refractivity contribution is 9.09. The molecular weight excluding hydrogens is 330 g/mol. The zero-order valence-electron chi connectivity index (χ0n) is 12.2. The van der Waals surface area contributed by atoms with E-state index in [1.165, 1.54) is 6.92 Å². The summed E-state index contributed by atoms with van der Waals surface area (Å²) in [4.78, 5) is 35.7. The van der Waals surface area contributed by atoms with E-state index in [-0.39, 0.29) is 19.6 Å². The van der Waals surface area contributed by atoms with Gasteiger partial charge in [-0.25, -0.2) is 9.59 Å². The van der Waals surface area contributed by atoms with E-state index in [0.717, 1.165) is 11.8 Å². The summed E-state index contributed by atoms with van der Waals surface area (Å²) in [6.07, 6.45) is 1.49. The van der Waals surface area contributed by atoms with Gasteiger partial charge in [-0.2, -0.15) is 0 Å². The molecule has 0 radical (unpaired) electrons. The largest absolute Gasteiger partial charge is 0.464 e. The standard InChI is InChI=1S/C13H22BrNO5/c1-4-19-11(17)13(15-10(3)16,8-6-7-9-14)12(18)20-5-2/h4-9H2,1-3H3,(H,15,16). The minimum atomic E-state index is -1.75. The Kier molecular flexibility index (Phi) is 9.20. The van der Waals surface area contributed by atoms with Gasteiger partial charge in [-0.1, -0.05) is 15.9 Å². The SMILES string of the molecule is CCOC(=O)C(CCCCBr)(NC(C)=O)C(=O)OCC. The number of carbonyl (C=O) groups excluding carboxylic acids is 3. The molecule has 0 aromatic carbocycles. The molecular formula is C13H22BrNO5. The van der Waals surface area contributed by atoms with Gasteiger partial charge in [0.15, 0.2) is 0 Å². The molecule has 0 spiro atoms. The van der Waals surface area contributed by atoms with E-state index in [1.54, 1.807) is 13.8 Å². The lowest BCUT2D eigenvalue weighted by atomic mass is 9.92. The Balaban J connectivity index is 5.31. The summed E-state index contributed by atoms with van der Waals surface area (Å²) >= 11 is 3.28. The van der Waals surface area contributed by atoms with Crippen molar-refractivity contribution < 1.29 is 23.9 Å². The fourth-order valence-electron chi connectivity index (χ4n) is 1.75. The van der Waals surface area contributed by atoms with E-state index in [1.807, 2.05) is 0 Å². The van der Waals surface area contributed by atoms with E-state index in [9.17, 15) is 14.4 Å². The second-order valence-electron chi connectivity index (χ2n) is 4.17. The number of hydrogen-bond donors (Lipinski definition) is 1. The predicted octanol–water partition coefficient (Wildman–Crippen LogP) is 1.55. The van der Waals surface area contributed by atoms with Crippen LogP contribution in [0.5, 0.6) is 0 Å². The van der Waals surface area contributed by atoms with Crippen LogP contribution in [0, 0.1) is 0 Å². The first-order chi connectivity index (χ1) is 9.44. The van der Waals surface area contributed by atoms with Crippen molar-refractivity contribution in [2.24, 2.45) is 0 Å². The molecule has 0 atom stereocenters. The van der Waals surface area contributed by atoms with Crippen molar-refractivity contribution in [3.05, 3.63) is 0 Å². The van der Waals surface area contributed by atoms with Crippen LogP contribution in [0.4, 0.5) is 0 Å². The van der Waals surface area contributed by atoms with Gasteiger partial charge in [0.25, 0.3) is 0 Å². The highest BCUT2D eigenvalue weighted by atomic mass is 79.9. The Labute approximate surface area is 127 Å². The van der Waals surface area contributed by atoms with Crippen LogP contribution in [0.1, 0.15) is 40.0 Å². The van der Waals surface area contributed by atoms with Crippen molar-refractivity contribution in [2.45, 2.75) is 45.6 Å². The van der Waals surface area contributed by atoms with Gasteiger partial charge >= 0.3 is 11.9 Å². The molecule has 0 saturated heterocycles. The molecule has 0 heterocycles. The third-order valence-electron chi connectivity index (χ3n) is 2.57. The summed E-state index contributed by atoms with van der Waals surface area (Å²) in [6.45, 7) is 4.77. The number of nitrogens with one attached hydrogen (secondary N) is 1. The van der Waals surface area contributed by atoms with Crippen LogP contribution in [-0.2, 0) is 23.9 Å². The molecule has 0 unspecified atom stereocenters. The smallest absolute Gasteiger partial charge is 0.343 e. The van der Waals surface area contributed by atoms with Crippen LogP contribution < -0.4 is 5.32 Å². The highest BCUT2D eigenvalue weighted by Gasteiger charge is 2.49. The van der Waals surface area contributed by atoms with E-state index in [4.69, 9.17) is 9.47 Å². The van der Waals surface area contributed by atoms with Crippen LogP contribution in [0.15, 0.2) is 0 Å². The van der Waals surface area contributed by atoms with Crippen molar-refractivity contribution in [1.29, 1.82) is 0 Å². The molecule has 1 amide bonds. The first-order valence-electron chi connectivity index (χ1n) is 6.63. The van der Waals surface area contributed by atoms with Gasteiger partial charge in [0.2, 0.25) is 11.4 Å². The predicted molar refractivity (Wildman–Crippen MR) is 77.5 cm³/mol. The number of alkyl halides is 1. The normalized spacial score (nSPS) is 10.8. The summed E-state index contributed by atoms with van der Waals surface area (Å²) in [5.74, 6) is -2.03. The van der Waals surface area contributed by atoms with Crippen molar-refractivity contribution >= 4 is 33.8 Å². The van der Waals surface area contributed by atoms with Crippen molar-refractivity contribution in [2.75, 3.05) is 18.5 Å². The Morgan fingerprint density at radius 2 is 1.55 bits per heavy atom. The number of ether oxygens (including phenoxy) is 2. The summed E-state index contributed by atoms with van der Waals surface area (Å²) in [5, 5.41) is 3.16. The third-order valence-corrected chi connectivity index (χ3v) is 3.13. The molecule has 0 saturated carbocycles. The van der Waals surface area contributed by atoms with Crippen LogP contribution in [0.25, 0.3) is 0 Å². The van der Waals surface area contributed by atoms with Crippen molar-refractivity contribution in [3.8, 4) is 0 Å². The molecule has 0 aromatic heterocycles. The highest BCUT2D eigenvalue weighted by Crippen LogP contribution is 2.20. The molecule has 6 nitrogen and oxygen atoms in total.